The molecule has 1 aromatic heterocycles. The quantitative estimate of drug-likeness (QED) is 0.557. The summed E-state index contributed by atoms with van der Waals surface area (Å²) in [6.07, 6.45) is 5.47. The van der Waals surface area contributed by atoms with Crippen LogP contribution in [0.5, 0.6) is 0 Å². The van der Waals surface area contributed by atoms with E-state index in [1.165, 1.54) is 16.8 Å². The zero-order valence-electron chi connectivity index (χ0n) is 17.6. The molecule has 0 aromatic carbocycles. The Kier molecular flexibility index (Phi) is 6.39. The molecule has 2 rings (SSSR count). The van der Waals surface area contributed by atoms with Crippen LogP contribution in [0.4, 0.5) is 0 Å². The van der Waals surface area contributed by atoms with Crippen LogP contribution < -0.4 is 11.2 Å². The molecule has 0 unspecified atom stereocenters. The van der Waals surface area contributed by atoms with Crippen molar-refractivity contribution >= 4 is 8.32 Å². The second-order valence-electron chi connectivity index (χ2n) is 8.74. The average Bonchev–Trinajstić information content (AvgIpc) is 2.88. The highest BCUT2D eigenvalue weighted by atomic mass is 28.4. The molecule has 7 nitrogen and oxygen atoms in total. The van der Waals surface area contributed by atoms with Crippen molar-refractivity contribution in [2.75, 3.05) is 6.61 Å². The van der Waals surface area contributed by atoms with Gasteiger partial charge in [-0.1, -0.05) is 39.0 Å². The topological polar surface area (TPSA) is 93.5 Å². The summed E-state index contributed by atoms with van der Waals surface area (Å²) in [6.45, 7) is 16.1. The molecule has 1 aliphatic heterocycles. The number of H-pyrrole nitrogens is 1. The van der Waals surface area contributed by atoms with Crippen molar-refractivity contribution in [3.63, 3.8) is 0 Å². The first-order valence-corrected chi connectivity index (χ1v) is 12.4. The van der Waals surface area contributed by atoms with E-state index in [1.807, 2.05) is 19.1 Å². The number of rotatable bonds is 6. The molecular formula is C20H32N2O5Si. The summed E-state index contributed by atoms with van der Waals surface area (Å²) >= 11 is 0. The minimum atomic E-state index is -2.23. The monoisotopic (exact) mass is 408 g/mol. The van der Waals surface area contributed by atoms with E-state index >= 15 is 0 Å². The Morgan fingerprint density at radius 1 is 1.43 bits per heavy atom. The molecule has 2 N–H and O–H groups in total. The van der Waals surface area contributed by atoms with E-state index in [0.29, 0.717) is 0 Å². The van der Waals surface area contributed by atoms with E-state index in [4.69, 9.17) is 9.16 Å². The SMILES string of the molecule is C=C[C@]1(CO)O[C@@H](n2ccc(=O)[nH]c2=O)[C@H](/C=C/C)[C@@H]1O[Si](C)(C)C(C)(C)C. The fourth-order valence-electron chi connectivity index (χ4n) is 3.16. The van der Waals surface area contributed by atoms with E-state index in [0.717, 1.165) is 0 Å². The standard InChI is InChI=1S/C20H32N2O5Si/c1-8-10-14-16(27-28(6,7)19(3,4)5)20(9-2,13-23)26-17(14)22-12-11-15(24)21-18(22)25/h8-12,14,16-17,23H,2,13H2,1,3-7H3,(H,21,24,25)/b10-8+/t14-,16+,17-,20-/m1/s1. The van der Waals surface area contributed by atoms with Gasteiger partial charge in [-0.15, -0.1) is 6.58 Å². The van der Waals surface area contributed by atoms with Gasteiger partial charge in [-0.3, -0.25) is 14.3 Å². The summed E-state index contributed by atoms with van der Waals surface area (Å²) in [6, 6.07) is 1.27. The second kappa shape index (κ2) is 7.94. The van der Waals surface area contributed by atoms with Gasteiger partial charge in [-0.05, 0) is 25.1 Å². The molecule has 8 heteroatoms. The first-order valence-electron chi connectivity index (χ1n) is 9.47. The van der Waals surface area contributed by atoms with Crippen LogP contribution in [0.2, 0.25) is 18.1 Å². The van der Waals surface area contributed by atoms with Crippen molar-refractivity contribution in [3.8, 4) is 0 Å². The van der Waals surface area contributed by atoms with Crippen LogP contribution in [0.1, 0.15) is 33.9 Å². The fraction of sp³-hybridized carbons (Fsp3) is 0.600. The zero-order valence-corrected chi connectivity index (χ0v) is 18.6. The highest BCUT2D eigenvalue weighted by molar-refractivity contribution is 6.74. The third kappa shape index (κ3) is 4.00. The highest BCUT2D eigenvalue weighted by Gasteiger charge is 2.56. The predicted octanol–water partition coefficient (Wildman–Crippen LogP) is 2.57. The van der Waals surface area contributed by atoms with Crippen molar-refractivity contribution in [2.24, 2.45) is 5.92 Å². The van der Waals surface area contributed by atoms with E-state index in [9.17, 15) is 14.7 Å². The van der Waals surface area contributed by atoms with Crippen LogP contribution in [0.25, 0.3) is 0 Å². The molecule has 1 fully saturated rings. The number of aromatic nitrogens is 2. The van der Waals surface area contributed by atoms with E-state index < -0.39 is 37.5 Å². The van der Waals surface area contributed by atoms with E-state index in [2.05, 4.69) is 45.4 Å². The Balaban J connectivity index is 2.61. The minimum absolute atomic E-state index is 0.0528. The lowest BCUT2D eigenvalue weighted by atomic mass is 9.90. The Labute approximate surface area is 166 Å². The lowest BCUT2D eigenvalue weighted by Crippen LogP contribution is -2.53. The van der Waals surface area contributed by atoms with Gasteiger partial charge < -0.3 is 14.3 Å². The van der Waals surface area contributed by atoms with Gasteiger partial charge in [0.05, 0.1) is 18.6 Å². The summed E-state index contributed by atoms with van der Waals surface area (Å²) in [5.41, 5.74) is -2.22. The van der Waals surface area contributed by atoms with Gasteiger partial charge in [-0.2, -0.15) is 0 Å². The molecular weight excluding hydrogens is 376 g/mol. The van der Waals surface area contributed by atoms with Gasteiger partial charge >= 0.3 is 5.69 Å². The van der Waals surface area contributed by atoms with Gasteiger partial charge in [0.2, 0.25) is 0 Å². The maximum absolute atomic E-state index is 12.4. The predicted molar refractivity (Wildman–Crippen MR) is 112 cm³/mol. The van der Waals surface area contributed by atoms with Crippen LogP contribution >= 0.6 is 0 Å². The summed E-state index contributed by atoms with van der Waals surface area (Å²) in [5, 5.41) is 10.2. The minimum Gasteiger partial charge on any atom is -0.410 e. The normalized spacial score (nSPS) is 28.8. The summed E-state index contributed by atoms with van der Waals surface area (Å²) in [7, 11) is -2.23. The Hall–Kier alpha value is -1.74. The number of ether oxygens (including phenoxy) is 1. The molecule has 0 aliphatic carbocycles. The maximum Gasteiger partial charge on any atom is 0.330 e. The number of nitrogens with zero attached hydrogens (tertiary/aromatic N) is 1. The molecule has 1 aliphatic rings. The van der Waals surface area contributed by atoms with Crippen LogP contribution in [-0.4, -0.2) is 41.3 Å². The van der Waals surface area contributed by atoms with E-state index in [-0.39, 0.29) is 17.6 Å². The first-order chi connectivity index (χ1) is 12.9. The van der Waals surface area contributed by atoms with Crippen LogP contribution in [-0.2, 0) is 9.16 Å². The van der Waals surface area contributed by atoms with E-state index in [1.54, 1.807) is 6.08 Å². The number of aromatic amines is 1. The van der Waals surface area contributed by atoms with Crippen molar-refractivity contribution < 1.29 is 14.3 Å². The summed E-state index contributed by atoms with van der Waals surface area (Å²) in [5.74, 6) is -0.354. The first kappa shape index (κ1) is 22.5. The largest absolute Gasteiger partial charge is 0.410 e. The number of nitrogens with one attached hydrogen (secondary N) is 1. The number of aliphatic hydroxyl groups is 1. The third-order valence-electron chi connectivity index (χ3n) is 5.86. The van der Waals surface area contributed by atoms with Gasteiger partial charge in [0, 0.05) is 12.3 Å². The van der Waals surface area contributed by atoms with Crippen molar-refractivity contribution in [3.05, 3.63) is 57.9 Å². The number of hydrogen-bond donors (Lipinski definition) is 2. The second-order valence-corrected chi connectivity index (χ2v) is 13.5. The molecule has 0 amide bonds. The molecule has 0 saturated carbocycles. The molecule has 28 heavy (non-hydrogen) atoms. The Morgan fingerprint density at radius 3 is 2.54 bits per heavy atom. The number of allylic oxidation sites excluding steroid dienone is 1. The van der Waals surface area contributed by atoms with Gasteiger partial charge in [-0.25, -0.2) is 4.79 Å². The van der Waals surface area contributed by atoms with Crippen LogP contribution in [0, 0.1) is 5.92 Å². The number of hydrogen-bond acceptors (Lipinski definition) is 5. The van der Waals surface area contributed by atoms with Crippen LogP contribution in [0.3, 0.4) is 0 Å². The Morgan fingerprint density at radius 2 is 2.07 bits per heavy atom. The highest BCUT2D eigenvalue weighted by Crippen LogP contribution is 2.48. The van der Waals surface area contributed by atoms with Crippen LogP contribution in [0.15, 0.2) is 46.7 Å². The molecule has 1 saturated heterocycles. The van der Waals surface area contributed by atoms with Crippen molar-refractivity contribution in [1.29, 1.82) is 0 Å². The van der Waals surface area contributed by atoms with Crippen molar-refractivity contribution in [2.45, 2.75) is 63.8 Å². The zero-order chi connectivity index (χ0) is 21.3. The Bertz CT molecular complexity index is 851. The van der Waals surface area contributed by atoms with Crippen molar-refractivity contribution in [1.82, 2.24) is 9.55 Å². The fourth-order valence-corrected chi connectivity index (χ4v) is 4.51. The molecule has 0 spiro atoms. The van der Waals surface area contributed by atoms with Gasteiger partial charge in [0.25, 0.3) is 5.56 Å². The lowest BCUT2D eigenvalue weighted by Gasteiger charge is -2.42. The third-order valence-corrected chi connectivity index (χ3v) is 10.3. The molecule has 2 heterocycles. The molecule has 1 aromatic rings. The van der Waals surface area contributed by atoms with Gasteiger partial charge in [0.1, 0.15) is 11.8 Å². The molecule has 0 radical (unpaired) electrons. The summed E-state index contributed by atoms with van der Waals surface area (Å²) in [4.78, 5) is 26.1. The van der Waals surface area contributed by atoms with Gasteiger partial charge in [0.15, 0.2) is 8.32 Å². The summed E-state index contributed by atoms with van der Waals surface area (Å²) < 4.78 is 14.2. The molecule has 4 atom stereocenters. The lowest BCUT2D eigenvalue weighted by molar-refractivity contribution is -0.0954. The maximum atomic E-state index is 12.4. The molecule has 156 valence electrons. The molecule has 0 bridgehead atoms. The average molecular weight is 409 g/mol. The number of aliphatic hydroxyl groups excluding tert-OH is 1. The smallest absolute Gasteiger partial charge is 0.330 e.